The number of carbonyl (C=O) groups excluding carboxylic acids is 1. The molecule has 0 aliphatic carbocycles. The first-order chi connectivity index (χ1) is 14.1. The highest BCUT2D eigenvalue weighted by Gasteiger charge is 2.21. The van der Waals surface area contributed by atoms with Gasteiger partial charge in [0.05, 0.1) is 16.5 Å². The molecule has 0 spiro atoms. The zero-order chi connectivity index (χ0) is 20.2. The van der Waals surface area contributed by atoms with Gasteiger partial charge in [0.1, 0.15) is 5.82 Å². The maximum Gasteiger partial charge on any atom is 0.260 e. The molecule has 0 radical (unpaired) electrons. The SMILES string of the molecule is CCc1ccc2nc(N(CCCn3ccnc3)C(=O)c3cccc(F)c3)sc2c1. The van der Waals surface area contributed by atoms with Crippen molar-refractivity contribution < 1.29 is 9.18 Å². The Morgan fingerprint density at radius 3 is 2.90 bits per heavy atom. The van der Waals surface area contributed by atoms with E-state index in [1.165, 1.54) is 29.0 Å². The Kier molecular flexibility index (Phi) is 5.67. The Morgan fingerprint density at radius 1 is 1.24 bits per heavy atom. The monoisotopic (exact) mass is 408 g/mol. The maximum absolute atomic E-state index is 13.7. The Morgan fingerprint density at radius 2 is 2.14 bits per heavy atom. The molecule has 1 amide bonds. The lowest BCUT2D eigenvalue weighted by molar-refractivity contribution is 0.0986. The number of aryl methyl sites for hydroxylation is 2. The summed E-state index contributed by atoms with van der Waals surface area (Å²) in [6, 6.07) is 12.0. The molecule has 29 heavy (non-hydrogen) atoms. The number of hydrogen-bond donors (Lipinski definition) is 0. The van der Waals surface area contributed by atoms with Crippen molar-refractivity contribution in [1.29, 1.82) is 0 Å². The van der Waals surface area contributed by atoms with E-state index in [1.807, 2.05) is 16.8 Å². The number of thiazole rings is 1. The van der Waals surface area contributed by atoms with Gasteiger partial charge in [0.25, 0.3) is 5.91 Å². The number of nitrogens with zero attached hydrogens (tertiary/aromatic N) is 4. The molecule has 0 aliphatic rings. The minimum absolute atomic E-state index is 0.245. The first-order valence-corrected chi connectivity index (χ1v) is 10.4. The van der Waals surface area contributed by atoms with E-state index in [2.05, 4.69) is 29.0 Å². The van der Waals surface area contributed by atoms with Crippen LogP contribution in [0.1, 0.15) is 29.3 Å². The molecule has 0 saturated heterocycles. The summed E-state index contributed by atoms with van der Waals surface area (Å²) in [5, 5.41) is 0.633. The number of carbonyl (C=O) groups is 1. The lowest BCUT2D eigenvalue weighted by Gasteiger charge is -2.20. The summed E-state index contributed by atoms with van der Waals surface area (Å²) in [4.78, 5) is 23.6. The van der Waals surface area contributed by atoms with Gasteiger partial charge in [-0.3, -0.25) is 9.69 Å². The predicted octanol–water partition coefficient (Wildman–Crippen LogP) is 4.93. The van der Waals surface area contributed by atoms with Crippen LogP contribution in [0, 0.1) is 5.82 Å². The van der Waals surface area contributed by atoms with E-state index in [-0.39, 0.29) is 5.91 Å². The molecule has 148 valence electrons. The van der Waals surface area contributed by atoms with Crippen LogP contribution >= 0.6 is 11.3 Å². The standard InChI is InChI=1S/C22H21FN4OS/c1-2-16-7-8-19-20(13-16)29-22(25-19)27(11-4-10-26-12-9-24-15-26)21(28)17-5-3-6-18(23)14-17/h3,5-9,12-15H,2,4,10-11H2,1H3. The molecule has 0 saturated carbocycles. The summed E-state index contributed by atoms with van der Waals surface area (Å²) < 4.78 is 16.7. The molecule has 0 N–H and O–H groups in total. The van der Waals surface area contributed by atoms with Gasteiger partial charge in [-0.2, -0.15) is 0 Å². The Bertz CT molecular complexity index is 1120. The zero-order valence-corrected chi connectivity index (χ0v) is 16.9. The molecule has 2 heterocycles. The summed E-state index contributed by atoms with van der Waals surface area (Å²) in [6.45, 7) is 3.32. The van der Waals surface area contributed by atoms with Crippen LogP contribution in [0.25, 0.3) is 10.2 Å². The number of anilines is 1. The van der Waals surface area contributed by atoms with E-state index < -0.39 is 5.82 Å². The Hall–Kier alpha value is -3.06. The fourth-order valence-electron chi connectivity index (χ4n) is 3.18. The average molecular weight is 409 g/mol. The summed E-state index contributed by atoms with van der Waals surface area (Å²) in [5.74, 6) is -0.670. The molecule has 0 atom stereocenters. The van der Waals surface area contributed by atoms with E-state index in [4.69, 9.17) is 0 Å². The van der Waals surface area contributed by atoms with Crippen LogP contribution in [-0.2, 0) is 13.0 Å². The average Bonchev–Trinajstić information content (AvgIpc) is 3.39. The van der Waals surface area contributed by atoms with Crippen molar-refractivity contribution >= 4 is 32.6 Å². The molecule has 0 bridgehead atoms. The van der Waals surface area contributed by atoms with Gasteiger partial charge in [0, 0.05) is 31.0 Å². The Labute approximate surface area is 172 Å². The highest BCUT2D eigenvalue weighted by atomic mass is 32.1. The van der Waals surface area contributed by atoms with Gasteiger partial charge in [-0.15, -0.1) is 0 Å². The highest BCUT2D eigenvalue weighted by Crippen LogP contribution is 2.31. The van der Waals surface area contributed by atoms with Crippen LogP contribution in [0.5, 0.6) is 0 Å². The first-order valence-electron chi connectivity index (χ1n) is 9.56. The fraction of sp³-hybridized carbons (Fsp3) is 0.227. The third-order valence-electron chi connectivity index (χ3n) is 4.75. The van der Waals surface area contributed by atoms with Crippen molar-refractivity contribution in [2.45, 2.75) is 26.3 Å². The molecule has 7 heteroatoms. The summed E-state index contributed by atoms with van der Waals surface area (Å²) in [5.41, 5.74) is 2.42. The molecule has 2 aromatic carbocycles. The lowest BCUT2D eigenvalue weighted by Crippen LogP contribution is -2.32. The third kappa shape index (κ3) is 4.35. The largest absolute Gasteiger partial charge is 0.337 e. The van der Waals surface area contributed by atoms with Crippen molar-refractivity contribution in [3.63, 3.8) is 0 Å². The van der Waals surface area contributed by atoms with Gasteiger partial charge in [0.15, 0.2) is 5.13 Å². The third-order valence-corrected chi connectivity index (χ3v) is 5.80. The van der Waals surface area contributed by atoms with Crippen LogP contribution in [0.3, 0.4) is 0 Å². The van der Waals surface area contributed by atoms with Crippen LogP contribution in [-0.4, -0.2) is 27.0 Å². The van der Waals surface area contributed by atoms with E-state index in [1.54, 1.807) is 29.6 Å². The molecule has 0 fully saturated rings. The highest BCUT2D eigenvalue weighted by molar-refractivity contribution is 7.22. The molecule has 0 unspecified atom stereocenters. The second-order valence-corrected chi connectivity index (χ2v) is 7.78. The molecule has 0 aliphatic heterocycles. The minimum atomic E-state index is -0.425. The van der Waals surface area contributed by atoms with Crippen molar-refractivity contribution in [3.8, 4) is 0 Å². The van der Waals surface area contributed by atoms with Crippen molar-refractivity contribution in [1.82, 2.24) is 14.5 Å². The summed E-state index contributed by atoms with van der Waals surface area (Å²) >= 11 is 1.49. The summed E-state index contributed by atoms with van der Waals surface area (Å²) in [6.07, 6.45) is 7.05. The normalized spacial score (nSPS) is 11.1. The van der Waals surface area contributed by atoms with Gasteiger partial charge < -0.3 is 4.57 Å². The van der Waals surface area contributed by atoms with Crippen LogP contribution < -0.4 is 4.90 Å². The second kappa shape index (κ2) is 8.53. The number of fused-ring (bicyclic) bond motifs is 1. The van der Waals surface area contributed by atoms with Gasteiger partial charge in [-0.25, -0.2) is 14.4 Å². The molecular weight excluding hydrogens is 387 g/mol. The number of imidazole rings is 1. The minimum Gasteiger partial charge on any atom is -0.337 e. The quantitative estimate of drug-likeness (QED) is 0.436. The zero-order valence-electron chi connectivity index (χ0n) is 16.1. The van der Waals surface area contributed by atoms with E-state index in [0.29, 0.717) is 17.2 Å². The topological polar surface area (TPSA) is 51.0 Å². The smallest absolute Gasteiger partial charge is 0.260 e. The molecule has 4 aromatic rings. The first kappa shape index (κ1) is 19.3. The lowest BCUT2D eigenvalue weighted by atomic mass is 10.2. The van der Waals surface area contributed by atoms with Gasteiger partial charge in [0.2, 0.25) is 0 Å². The molecular formula is C22H21FN4OS. The maximum atomic E-state index is 13.7. The fourth-order valence-corrected chi connectivity index (χ4v) is 4.24. The van der Waals surface area contributed by atoms with Gasteiger partial charge >= 0.3 is 0 Å². The number of amides is 1. The van der Waals surface area contributed by atoms with Crippen LogP contribution in [0.15, 0.2) is 61.2 Å². The van der Waals surface area contributed by atoms with E-state index in [9.17, 15) is 9.18 Å². The second-order valence-electron chi connectivity index (χ2n) is 6.77. The van der Waals surface area contributed by atoms with Crippen LogP contribution in [0.2, 0.25) is 0 Å². The molecule has 2 aromatic heterocycles. The van der Waals surface area contributed by atoms with Gasteiger partial charge in [-0.05, 0) is 48.7 Å². The van der Waals surface area contributed by atoms with Crippen molar-refractivity contribution in [2.24, 2.45) is 0 Å². The van der Waals surface area contributed by atoms with E-state index in [0.717, 1.165) is 29.6 Å². The van der Waals surface area contributed by atoms with Crippen LogP contribution in [0.4, 0.5) is 9.52 Å². The predicted molar refractivity (Wildman–Crippen MR) is 114 cm³/mol. The Balaban J connectivity index is 1.64. The molecule has 5 nitrogen and oxygen atoms in total. The van der Waals surface area contributed by atoms with Gasteiger partial charge in [-0.1, -0.05) is 30.4 Å². The number of hydrogen-bond acceptors (Lipinski definition) is 4. The van der Waals surface area contributed by atoms with E-state index >= 15 is 0 Å². The summed E-state index contributed by atoms with van der Waals surface area (Å²) in [7, 11) is 0. The number of rotatable bonds is 7. The number of halogens is 1. The van der Waals surface area contributed by atoms with Crippen molar-refractivity contribution in [2.75, 3.05) is 11.4 Å². The van der Waals surface area contributed by atoms with Crippen molar-refractivity contribution in [3.05, 3.63) is 78.1 Å². The number of aromatic nitrogens is 3. The molecule has 4 rings (SSSR count). The number of benzene rings is 2.